The lowest BCUT2D eigenvalue weighted by Crippen LogP contribution is -1.95. The first kappa shape index (κ1) is 12.7. The number of phenols is 1. The number of hydrogen-bond donors (Lipinski definition) is 2. The Bertz CT molecular complexity index is 691. The largest absolute Gasteiger partial charge is 0.508 e. The lowest BCUT2D eigenvalue weighted by Gasteiger charge is -1.98. The molecule has 0 aliphatic carbocycles. The average molecular weight is 252 g/mol. The van der Waals surface area contributed by atoms with Gasteiger partial charge in [0.1, 0.15) is 5.75 Å². The topological polar surface area (TPSA) is 57.5 Å². The van der Waals surface area contributed by atoms with Crippen molar-refractivity contribution in [2.45, 2.75) is 6.92 Å². The highest BCUT2D eigenvalue weighted by Crippen LogP contribution is 2.14. The molecule has 0 unspecified atom stereocenters. The fraction of sp³-hybridized carbons (Fsp3) is 0.0625. The predicted octanol–water partition coefficient (Wildman–Crippen LogP) is 2.80. The maximum Gasteiger partial charge on any atom is 0.335 e. The van der Waals surface area contributed by atoms with E-state index >= 15 is 0 Å². The Balaban J connectivity index is 2.33. The molecule has 0 aliphatic heterocycles. The van der Waals surface area contributed by atoms with Crippen LogP contribution >= 0.6 is 0 Å². The first-order valence-electron chi connectivity index (χ1n) is 5.71. The van der Waals surface area contributed by atoms with Gasteiger partial charge in [0.15, 0.2) is 0 Å². The molecule has 0 aliphatic rings. The Morgan fingerprint density at radius 1 is 1.11 bits per heavy atom. The van der Waals surface area contributed by atoms with Gasteiger partial charge in [-0.05, 0) is 48.9 Å². The second-order valence-corrected chi connectivity index (χ2v) is 4.14. The van der Waals surface area contributed by atoms with E-state index in [0.717, 1.165) is 11.1 Å². The molecular weight excluding hydrogens is 240 g/mol. The lowest BCUT2D eigenvalue weighted by molar-refractivity contribution is 0.0697. The van der Waals surface area contributed by atoms with E-state index in [1.165, 1.54) is 12.1 Å². The molecule has 0 heterocycles. The fourth-order valence-corrected chi connectivity index (χ4v) is 1.66. The molecule has 2 N–H and O–H groups in total. The van der Waals surface area contributed by atoms with E-state index in [0.29, 0.717) is 5.56 Å². The smallest absolute Gasteiger partial charge is 0.335 e. The molecule has 19 heavy (non-hydrogen) atoms. The first-order chi connectivity index (χ1) is 9.06. The van der Waals surface area contributed by atoms with Gasteiger partial charge in [0, 0.05) is 11.1 Å². The Kier molecular flexibility index (Phi) is 3.53. The molecule has 0 radical (unpaired) electrons. The van der Waals surface area contributed by atoms with E-state index < -0.39 is 5.97 Å². The number of carboxylic acid groups (broad SMARTS) is 1. The van der Waals surface area contributed by atoms with Crippen molar-refractivity contribution in [1.82, 2.24) is 0 Å². The second kappa shape index (κ2) is 5.28. The van der Waals surface area contributed by atoms with Crippen LogP contribution in [0.3, 0.4) is 0 Å². The number of benzene rings is 2. The quantitative estimate of drug-likeness (QED) is 0.767. The van der Waals surface area contributed by atoms with Gasteiger partial charge < -0.3 is 10.2 Å². The molecular formula is C16H12O3. The van der Waals surface area contributed by atoms with Gasteiger partial charge >= 0.3 is 5.97 Å². The van der Waals surface area contributed by atoms with E-state index in [2.05, 4.69) is 11.8 Å². The molecule has 2 aromatic rings. The van der Waals surface area contributed by atoms with Crippen molar-refractivity contribution >= 4 is 5.97 Å². The van der Waals surface area contributed by atoms with E-state index in [-0.39, 0.29) is 11.3 Å². The van der Waals surface area contributed by atoms with Crippen molar-refractivity contribution in [3.63, 3.8) is 0 Å². The van der Waals surface area contributed by atoms with E-state index in [9.17, 15) is 9.90 Å². The van der Waals surface area contributed by atoms with E-state index in [1.54, 1.807) is 30.3 Å². The summed E-state index contributed by atoms with van der Waals surface area (Å²) in [4.78, 5) is 10.8. The number of hydrogen-bond acceptors (Lipinski definition) is 2. The predicted molar refractivity (Wildman–Crippen MR) is 72.2 cm³/mol. The van der Waals surface area contributed by atoms with Gasteiger partial charge in [-0.15, -0.1) is 0 Å². The number of carboxylic acids is 1. The van der Waals surface area contributed by atoms with Gasteiger partial charge in [0.05, 0.1) is 5.56 Å². The zero-order chi connectivity index (χ0) is 13.8. The van der Waals surface area contributed by atoms with Crippen molar-refractivity contribution in [2.75, 3.05) is 0 Å². The van der Waals surface area contributed by atoms with Crippen LogP contribution in [0.5, 0.6) is 5.75 Å². The standard InChI is InChI=1S/C16H12O3/c1-11-9-15(17)8-7-13(11)6-5-12-3-2-4-14(10-12)16(18)19/h2-4,7-10,17H,1H3,(H,18,19). The third-order valence-electron chi connectivity index (χ3n) is 2.66. The van der Waals surface area contributed by atoms with Gasteiger partial charge in [0.25, 0.3) is 0 Å². The van der Waals surface area contributed by atoms with Crippen molar-refractivity contribution < 1.29 is 15.0 Å². The second-order valence-electron chi connectivity index (χ2n) is 4.14. The summed E-state index contributed by atoms with van der Waals surface area (Å²) in [5.41, 5.74) is 2.54. The Labute approximate surface area is 111 Å². The summed E-state index contributed by atoms with van der Waals surface area (Å²) in [7, 11) is 0. The molecule has 0 spiro atoms. The van der Waals surface area contributed by atoms with Gasteiger partial charge in [-0.1, -0.05) is 17.9 Å². The summed E-state index contributed by atoms with van der Waals surface area (Å²) in [6.07, 6.45) is 0. The lowest BCUT2D eigenvalue weighted by atomic mass is 10.1. The van der Waals surface area contributed by atoms with Crippen molar-refractivity contribution in [2.24, 2.45) is 0 Å². The van der Waals surface area contributed by atoms with Crippen molar-refractivity contribution in [3.8, 4) is 17.6 Å². The minimum absolute atomic E-state index is 0.205. The summed E-state index contributed by atoms with van der Waals surface area (Å²) >= 11 is 0. The van der Waals surface area contributed by atoms with Gasteiger partial charge in [-0.25, -0.2) is 4.79 Å². The Morgan fingerprint density at radius 2 is 1.89 bits per heavy atom. The third kappa shape index (κ3) is 3.14. The summed E-state index contributed by atoms with van der Waals surface area (Å²) in [5, 5.41) is 18.2. The number of aromatic hydroxyl groups is 1. The highest BCUT2D eigenvalue weighted by molar-refractivity contribution is 5.88. The maximum absolute atomic E-state index is 10.8. The molecule has 0 saturated heterocycles. The zero-order valence-corrected chi connectivity index (χ0v) is 10.3. The minimum atomic E-state index is -0.968. The van der Waals surface area contributed by atoms with Crippen LogP contribution < -0.4 is 0 Å². The molecule has 3 nitrogen and oxygen atoms in total. The number of rotatable bonds is 1. The van der Waals surface area contributed by atoms with Crippen LogP contribution in [0, 0.1) is 18.8 Å². The Morgan fingerprint density at radius 3 is 2.58 bits per heavy atom. The van der Waals surface area contributed by atoms with Crippen LogP contribution in [-0.4, -0.2) is 16.2 Å². The average Bonchev–Trinajstić information content (AvgIpc) is 2.38. The molecule has 94 valence electrons. The normalized spacial score (nSPS) is 9.53. The monoisotopic (exact) mass is 252 g/mol. The maximum atomic E-state index is 10.8. The summed E-state index contributed by atoms with van der Waals surface area (Å²) in [6, 6.07) is 11.4. The van der Waals surface area contributed by atoms with Crippen molar-refractivity contribution in [1.29, 1.82) is 0 Å². The summed E-state index contributed by atoms with van der Waals surface area (Å²) in [6.45, 7) is 1.86. The van der Waals surface area contributed by atoms with Crippen molar-refractivity contribution in [3.05, 3.63) is 64.7 Å². The molecule has 0 fully saturated rings. The molecule has 0 bridgehead atoms. The number of aryl methyl sites for hydroxylation is 1. The van der Waals surface area contributed by atoms with Gasteiger partial charge in [-0.2, -0.15) is 0 Å². The minimum Gasteiger partial charge on any atom is -0.508 e. The fourth-order valence-electron chi connectivity index (χ4n) is 1.66. The summed E-state index contributed by atoms with van der Waals surface area (Å²) < 4.78 is 0. The number of phenolic OH excluding ortho intramolecular Hbond substituents is 1. The molecule has 3 heteroatoms. The molecule has 0 amide bonds. The van der Waals surface area contributed by atoms with Crippen LogP contribution in [0.4, 0.5) is 0 Å². The molecule has 0 atom stereocenters. The van der Waals surface area contributed by atoms with E-state index in [4.69, 9.17) is 5.11 Å². The highest BCUT2D eigenvalue weighted by atomic mass is 16.4. The molecule has 0 saturated carbocycles. The van der Waals surface area contributed by atoms with Crippen LogP contribution in [0.2, 0.25) is 0 Å². The van der Waals surface area contributed by atoms with Crippen LogP contribution in [-0.2, 0) is 0 Å². The Hall–Kier alpha value is -2.73. The highest BCUT2D eigenvalue weighted by Gasteiger charge is 2.01. The number of aromatic carboxylic acids is 1. The van der Waals surface area contributed by atoms with Crippen LogP contribution in [0.25, 0.3) is 0 Å². The molecule has 2 aromatic carbocycles. The molecule has 2 rings (SSSR count). The summed E-state index contributed by atoms with van der Waals surface area (Å²) in [5.74, 6) is 5.13. The van der Waals surface area contributed by atoms with Gasteiger partial charge in [0.2, 0.25) is 0 Å². The SMILES string of the molecule is Cc1cc(O)ccc1C#Cc1cccc(C(=O)O)c1. The van der Waals surface area contributed by atoms with E-state index in [1.807, 2.05) is 6.92 Å². The van der Waals surface area contributed by atoms with Gasteiger partial charge in [-0.3, -0.25) is 0 Å². The van der Waals surface area contributed by atoms with Crippen LogP contribution in [0.1, 0.15) is 27.0 Å². The number of carbonyl (C=O) groups is 1. The molecule has 0 aromatic heterocycles. The van der Waals surface area contributed by atoms with Crippen LogP contribution in [0.15, 0.2) is 42.5 Å². The third-order valence-corrected chi connectivity index (χ3v) is 2.66. The first-order valence-corrected chi connectivity index (χ1v) is 5.71. The zero-order valence-electron chi connectivity index (χ0n) is 10.3.